The quantitative estimate of drug-likeness (QED) is 0.591. The Bertz CT molecular complexity index is 718. The van der Waals surface area contributed by atoms with Crippen molar-refractivity contribution in [1.29, 1.82) is 0 Å². The van der Waals surface area contributed by atoms with Gasteiger partial charge in [-0.3, -0.25) is 0 Å². The molecule has 0 radical (unpaired) electrons. The highest BCUT2D eigenvalue weighted by atomic mass is 35.5. The van der Waals surface area contributed by atoms with E-state index >= 15 is 0 Å². The van der Waals surface area contributed by atoms with E-state index < -0.39 is 11.7 Å². The second-order valence-electron chi connectivity index (χ2n) is 4.58. The van der Waals surface area contributed by atoms with Gasteiger partial charge in [-0.25, -0.2) is 11.5 Å². The molecule has 24 heavy (non-hydrogen) atoms. The average molecular weight is 397 g/mol. The van der Waals surface area contributed by atoms with Crippen molar-refractivity contribution in [3.8, 4) is 11.5 Å². The topological polar surface area (TPSA) is 61.3 Å². The Balaban J connectivity index is 0.00000288. The molecule has 0 aliphatic carbocycles. The fraction of sp³-hybridized carbons (Fsp3) is 0.133. The van der Waals surface area contributed by atoms with Crippen LogP contribution in [0.15, 0.2) is 42.5 Å². The number of ether oxygens (including phenoxy) is 1. The molecule has 2 aromatic carbocycles. The fourth-order valence-electron chi connectivity index (χ4n) is 1.71. The molecule has 2 aromatic rings. The lowest BCUT2D eigenvalue weighted by atomic mass is 10.2. The van der Waals surface area contributed by atoms with Gasteiger partial charge in [-0.15, -0.1) is 0 Å². The molecule has 130 valence electrons. The molecular weight excluding hydrogens is 384 g/mol. The molecule has 9 heteroatoms. The highest BCUT2D eigenvalue weighted by Crippen LogP contribution is 2.36. The number of hydrogen-bond donors (Lipinski definition) is 2. The first-order valence-corrected chi connectivity index (χ1v) is 7.76. The van der Waals surface area contributed by atoms with Crippen molar-refractivity contribution in [2.75, 3.05) is 0 Å². The van der Waals surface area contributed by atoms with Crippen molar-refractivity contribution in [1.82, 2.24) is 0 Å². The summed E-state index contributed by atoms with van der Waals surface area (Å²) in [6, 6.07) is 9.95. The van der Waals surface area contributed by atoms with E-state index in [2.05, 4.69) is 0 Å². The van der Waals surface area contributed by atoms with E-state index in [1.807, 2.05) is 12.1 Å². The Hall–Kier alpha value is -1.38. The van der Waals surface area contributed by atoms with Gasteiger partial charge >= 0.3 is 11.3 Å². The molecule has 0 fully saturated rings. The van der Waals surface area contributed by atoms with Crippen molar-refractivity contribution in [2.45, 2.75) is 11.9 Å². The number of rotatable bonds is 4. The molecular formula is C15H13Cl2F3N2OS. The van der Waals surface area contributed by atoms with E-state index in [1.165, 1.54) is 17.4 Å². The Labute approximate surface area is 152 Å². The summed E-state index contributed by atoms with van der Waals surface area (Å²) in [6.07, 6.45) is -4.44. The molecule has 3 nitrogen and oxygen atoms in total. The number of nitrogens with two attached hydrogens (primary N) is 2. The lowest BCUT2D eigenvalue weighted by Crippen LogP contribution is -3.00. The van der Waals surface area contributed by atoms with Crippen LogP contribution in [0.25, 0.3) is 0 Å². The smallest absolute Gasteiger partial charge is 0.416 e. The van der Waals surface area contributed by atoms with Gasteiger partial charge in [-0.05, 0) is 30.3 Å². The summed E-state index contributed by atoms with van der Waals surface area (Å²) in [7, 11) is 0. The molecule has 0 bridgehead atoms. The van der Waals surface area contributed by atoms with Gasteiger partial charge < -0.3 is 17.1 Å². The first-order chi connectivity index (χ1) is 10.8. The highest BCUT2D eigenvalue weighted by Gasteiger charge is 2.31. The summed E-state index contributed by atoms with van der Waals surface area (Å²) in [5, 5.41) is 0.173. The van der Waals surface area contributed by atoms with E-state index in [9.17, 15) is 13.2 Å². The van der Waals surface area contributed by atoms with Crippen molar-refractivity contribution in [2.24, 2.45) is 11.5 Å². The third kappa shape index (κ3) is 5.92. The van der Waals surface area contributed by atoms with Crippen molar-refractivity contribution in [3.05, 3.63) is 58.6 Å². The third-order valence-corrected chi connectivity index (χ3v) is 3.92. The minimum absolute atomic E-state index is 0. The summed E-state index contributed by atoms with van der Waals surface area (Å²) >= 11 is 7.15. The van der Waals surface area contributed by atoms with Crippen LogP contribution in [-0.4, -0.2) is 5.11 Å². The lowest BCUT2D eigenvalue weighted by molar-refractivity contribution is -0.137. The number of halogens is 5. The van der Waals surface area contributed by atoms with E-state index in [0.717, 1.165) is 17.7 Å². The molecule has 0 saturated carbocycles. The normalized spacial score (nSPS) is 10.8. The summed E-state index contributed by atoms with van der Waals surface area (Å²) in [6.45, 7) is 0. The second-order valence-corrected chi connectivity index (χ2v) is 6.04. The zero-order valence-corrected chi connectivity index (χ0v) is 14.4. The van der Waals surface area contributed by atoms with Crippen LogP contribution < -0.4 is 28.6 Å². The maximum Gasteiger partial charge on any atom is 0.416 e. The van der Waals surface area contributed by atoms with Crippen LogP contribution >= 0.6 is 11.6 Å². The van der Waals surface area contributed by atoms with Gasteiger partial charge in [-0.2, -0.15) is 13.2 Å². The maximum atomic E-state index is 12.6. The predicted molar refractivity (Wildman–Crippen MR) is 87.4 cm³/mol. The molecule has 0 amide bonds. The van der Waals surface area contributed by atoms with Crippen LogP contribution in [0.5, 0.6) is 11.5 Å². The number of hydrogen-bond acceptors (Lipinski definition) is 1. The zero-order valence-electron chi connectivity index (χ0n) is 12.1. The van der Waals surface area contributed by atoms with E-state index in [1.54, 1.807) is 12.1 Å². The Morgan fingerprint density at radius 3 is 2.21 bits per heavy atom. The van der Waals surface area contributed by atoms with Crippen LogP contribution in [0.2, 0.25) is 5.02 Å². The highest BCUT2D eigenvalue weighted by molar-refractivity contribution is 7.77. The van der Waals surface area contributed by atoms with Crippen LogP contribution in [-0.2, 0) is 23.3 Å². The molecule has 0 spiro atoms. The third-order valence-electron chi connectivity index (χ3n) is 2.82. The lowest BCUT2D eigenvalue weighted by Gasteiger charge is -2.11. The molecule has 0 heterocycles. The SMILES string of the molecule is NC(N)=[S+]Cc1ccc(Oc2ccc(C(F)(F)F)cc2Cl)cc1.[Cl-]. The first-order valence-electron chi connectivity index (χ1n) is 6.40. The Kier molecular flexibility index (Phi) is 7.44. The molecule has 0 unspecified atom stereocenters. The van der Waals surface area contributed by atoms with Crippen molar-refractivity contribution < 1.29 is 30.3 Å². The standard InChI is InChI=1S/C15H13ClF3N2OS.ClH/c16-12-7-10(15(17,18)19)3-6-13(12)22-11-4-1-9(2-5-11)8-23-14(20)21;/h1-7H,8,20-21H2;1H/q+1;/p-1. The number of alkyl halides is 3. The molecule has 4 N–H and O–H groups in total. The van der Waals surface area contributed by atoms with Gasteiger partial charge in [-0.1, -0.05) is 23.7 Å². The van der Waals surface area contributed by atoms with Gasteiger partial charge in [0.1, 0.15) is 11.5 Å². The van der Waals surface area contributed by atoms with Crippen LogP contribution in [0, 0.1) is 0 Å². The molecule has 0 atom stereocenters. The summed E-state index contributed by atoms with van der Waals surface area (Å²) in [4.78, 5) is 0. The monoisotopic (exact) mass is 396 g/mol. The second kappa shape index (κ2) is 8.64. The molecule has 0 aliphatic rings. The molecule has 2 rings (SSSR count). The molecule has 0 aliphatic heterocycles. The van der Waals surface area contributed by atoms with E-state index in [-0.39, 0.29) is 28.3 Å². The van der Waals surface area contributed by atoms with Gasteiger partial charge in [0.2, 0.25) is 17.1 Å². The summed E-state index contributed by atoms with van der Waals surface area (Å²) in [5.41, 5.74) is 10.9. The van der Waals surface area contributed by atoms with Crippen molar-refractivity contribution >= 4 is 28.1 Å². The van der Waals surface area contributed by atoms with Crippen LogP contribution in [0.4, 0.5) is 13.2 Å². The molecule has 0 saturated heterocycles. The van der Waals surface area contributed by atoms with Gasteiger partial charge in [0, 0.05) is 5.56 Å². The van der Waals surface area contributed by atoms with Gasteiger partial charge in [0.15, 0.2) is 0 Å². The van der Waals surface area contributed by atoms with Crippen molar-refractivity contribution in [3.63, 3.8) is 0 Å². The Morgan fingerprint density at radius 2 is 1.71 bits per heavy atom. The van der Waals surface area contributed by atoms with E-state index in [4.69, 9.17) is 27.8 Å². The average Bonchev–Trinajstić information content (AvgIpc) is 2.47. The first kappa shape index (κ1) is 20.7. The number of benzene rings is 2. The van der Waals surface area contributed by atoms with Gasteiger partial charge in [0.25, 0.3) is 0 Å². The van der Waals surface area contributed by atoms with Crippen LogP contribution in [0.3, 0.4) is 0 Å². The Morgan fingerprint density at radius 1 is 1.08 bits per heavy atom. The predicted octanol–water partition coefficient (Wildman–Crippen LogP) is 0.742. The fourth-order valence-corrected chi connectivity index (χ4v) is 2.45. The minimum atomic E-state index is -4.44. The minimum Gasteiger partial charge on any atom is -1.00 e. The molecule has 0 aromatic heterocycles. The van der Waals surface area contributed by atoms with Gasteiger partial charge in [0.05, 0.1) is 10.6 Å². The maximum absolute atomic E-state index is 12.6. The van der Waals surface area contributed by atoms with E-state index in [0.29, 0.717) is 11.5 Å². The summed E-state index contributed by atoms with van der Waals surface area (Å²) < 4.78 is 43.2. The summed E-state index contributed by atoms with van der Waals surface area (Å²) in [5.74, 6) is 1.23. The largest absolute Gasteiger partial charge is 1.00 e. The zero-order chi connectivity index (χ0) is 17.0. The van der Waals surface area contributed by atoms with Crippen LogP contribution in [0.1, 0.15) is 11.1 Å².